The lowest BCUT2D eigenvalue weighted by Gasteiger charge is -2.17. The van der Waals surface area contributed by atoms with Crippen molar-refractivity contribution in [1.29, 1.82) is 0 Å². The van der Waals surface area contributed by atoms with Crippen molar-refractivity contribution in [3.63, 3.8) is 0 Å². The number of hydrogen-bond donors (Lipinski definition) is 0. The molecule has 0 aromatic carbocycles. The van der Waals surface area contributed by atoms with Gasteiger partial charge in [-0.1, -0.05) is 13.5 Å². The van der Waals surface area contributed by atoms with E-state index in [9.17, 15) is 4.79 Å². The van der Waals surface area contributed by atoms with Crippen LogP contribution >= 0.6 is 0 Å². The summed E-state index contributed by atoms with van der Waals surface area (Å²) < 4.78 is 10.3. The number of carbonyl (C=O) groups excluding carboxylic acids is 1. The van der Waals surface area contributed by atoms with Gasteiger partial charge in [0.2, 0.25) is 0 Å². The molecule has 0 saturated heterocycles. The monoisotopic (exact) mass is 188 g/mol. The van der Waals surface area contributed by atoms with E-state index >= 15 is 0 Å². The first-order valence-electron chi connectivity index (χ1n) is 4.08. The molecule has 70 valence electrons. The van der Waals surface area contributed by atoms with Crippen LogP contribution in [-0.4, -0.2) is 21.3 Å². The summed E-state index contributed by atoms with van der Waals surface area (Å²) in [6.07, 6.45) is 1.45. The predicted molar refractivity (Wildman–Crippen MR) is 50.3 cm³/mol. The molecule has 1 atom stereocenters. The summed E-state index contributed by atoms with van der Waals surface area (Å²) in [5.41, 5.74) is 0. The SMILES string of the molecule is C=CC(=O)OC(CC)O[SiH](C)C. The van der Waals surface area contributed by atoms with Gasteiger partial charge in [0.05, 0.1) is 0 Å². The van der Waals surface area contributed by atoms with Crippen molar-refractivity contribution in [2.45, 2.75) is 32.7 Å². The van der Waals surface area contributed by atoms with Crippen molar-refractivity contribution in [3.05, 3.63) is 12.7 Å². The number of rotatable bonds is 5. The molecule has 0 heterocycles. The molecule has 0 N–H and O–H groups in total. The maximum Gasteiger partial charge on any atom is 0.332 e. The van der Waals surface area contributed by atoms with Crippen LogP contribution in [0, 0.1) is 0 Å². The molecule has 4 heteroatoms. The molecule has 0 aliphatic carbocycles. The van der Waals surface area contributed by atoms with Gasteiger partial charge < -0.3 is 9.16 Å². The molecule has 0 aliphatic heterocycles. The molecule has 0 aliphatic rings. The van der Waals surface area contributed by atoms with Crippen LogP contribution in [-0.2, 0) is 14.0 Å². The minimum absolute atomic E-state index is 0.387. The molecule has 0 radical (unpaired) electrons. The van der Waals surface area contributed by atoms with Gasteiger partial charge in [-0.05, 0) is 13.1 Å². The van der Waals surface area contributed by atoms with Gasteiger partial charge in [-0.15, -0.1) is 0 Å². The predicted octanol–water partition coefficient (Wildman–Crippen LogP) is 1.45. The van der Waals surface area contributed by atoms with Gasteiger partial charge in [-0.2, -0.15) is 0 Å². The number of ether oxygens (including phenoxy) is 1. The molecule has 0 aromatic rings. The minimum Gasteiger partial charge on any atom is -0.434 e. The summed E-state index contributed by atoms with van der Waals surface area (Å²) in [5.74, 6) is -0.420. The molecule has 0 bridgehead atoms. The summed E-state index contributed by atoms with van der Waals surface area (Å²) in [4.78, 5) is 10.8. The molecule has 1 unspecified atom stereocenters. The fourth-order valence-electron chi connectivity index (χ4n) is 0.689. The van der Waals surface area contributed by atoms with E-state index in [0.29, 0.717) is 6.42 Å². The second-order valence-electron chi connectivity index (χ2n) is 2.66. The van der Waals surface area contributed by atoms with Crippen molar-refractivity contribution >= 4 is 15.0 Å². The molecule has 12 heavy (non-hydrogen) atoms. The van der Waals surface area contributed by atoms with E-state index in [4.69, 9.17) is 9.16 Å². The fourth-order valence-corrected chi connectivity index (χ4v) is 1.54. The van der Waals surface area contributed by atoms with Crippen molar-refractivity contribution in [3.8, 4) is 0 Å². The van der Waals surface area contributed by atoms with E-state index < -0.39 is 15.0 Å². The Hall–Kier alpha value is -0.613. The van der Waals surface area contributed by atoms with E-state index in [0.717, 1.165) is 6.08 Å². The summed E-state index contributed by atoms with van der Waals surface area (Å²) in [6.45, 7) is 9.29. The van der Waals surface area contributed by atoms with E-state index in [1.807, 2.05) is 20.0 Å². The van der Waals surface area contributed by atoms with Gasteiger partial charge in [-0.25, -0.2) is 4.79 Å². The average Bonchev–Trinajstić information content (AvgIpc) is 2.02. The maximum atomic E-state index is 10.8. The lowest BCUT2D eigenvalue weighted by atomic mass is 10.5. The van der Waals surface area contributed by atoms with E-state index in [2.05, 4.69) is 6.58 Å². The summed E-state index contributed by atoms with van der Waals surface area (Å²) in [6, 6.07) is 0. The van der Waals surface area contributed by atoms with Gasteiger partial charge in [0.1, 0.15) is 0 Å². The zero-order chi connectivity index (χ0) is 9.56. The van der Waals surface area contributed by atoms with Crippen LogP contribution in [0.3, 0.4) is 0 Å². The number of hydrogen-bond acceptors (Lipinski definition) is 3. The second kappa shape index (κ2) is 5.96. The van der Waals surface area contributed by atoms with E-state index in [-0.39, 0.29) is 6.29 Å². The molecule has 0 fully saturated rings. The van der Waals surface area contributed by atoms with Gasteiger partial charge in [-0.3, -0.25) is 0 Å². The largest absolute Gasteiger partial charge is 0.434 e. The quantitative estimate of drug-likeness (QED) is 0.283. The first kappa shape index (κ1) is 11.4. The molecule has 0 rings (SSSR count). The standard InChI is InChI=1S/C8H16O3Si/c1-5-7(9)10-8(6-2)11-12(3)4/h5,8,12H,1,6H2,2-4H3. The van der Waals surface area contributed by atoms with Crippen LogP contribution in [0.2, 0.25) is 13.1 Å². The molecule has 0 saturated carbocycles. The van der Waals surface area contributed by atoms with Crippen LogP contribution in [0.5, 0.6) is 0 Å². The normalized spacial score (nSPS) is 12.7. The highest BCUT2D eigenvalue weighted by atomic mass is 28.3. The Morgan fingerprint density at radius 1 is 1.67 bits per heavy atom. The zero-order valence-electron chi connectivity index (χ0n) is 7.87. The molecule has 0 aromatic heterocycles. The Bertz CT molecular complexity index is 156. The maximum absolute atomic E-state index is 10.8. The van der Waals surface area contributed by atoms with Crippen molar-refractivity contribution in [2.24, 2.45) is 0 Å². The van der Waals surface area contributed by atoms with Crippen molar-refractivity contribution in [1.82, 2.24) is 0 Å². The van der Waals surface area contributed by atoms with Gasteiger partial charge in [0, 0.05) is 12.5 Å². The molecular formula is C8H16O3Si. The number of carbonyl (C=O) groups is 1. The third kappa shape index (κ3) is 5.09. The molecule has 3 nitrogen and oxygen atoms in total. The van der Waals surface area contributed by atoms with E-state index in [1.54, 1.807) is 0 Å². The lowest BCUT2D eigenvalue weighted by molar-refractivity contribution is -0.158. The highest BCUT2D eigenvalue weighted by Gasteiger charge is 2.11. The fraction of sp³-hybridized carbons (Fsp3) is 0.625. The van der Waals surface area contributed by atoms with E-state index in [1.165, 1.54) is 0 Å². The first-order valence-corrected chi connectivity index (χ1v) is 6.86. The smallest absolute Gasteiger partial charge is 0.332 e. The summed E-state index contributed by atoms with van der Waals surface area (Å²) >= 11 is 0. The van der Waals surface area contributed by atoms with Crippen LogP contribution in [0.25, 0.3) is 0 Å². The Balaban J connectivity index is 3.82. The third-order valence-electron chi connectivity index (χ3n) is 1.17. The Labute approximate surface area is 75.1 Å². The Kier molecular flexibility index (Phi) is 5.66. The third-order valence-corrected chi connectivity index (χ3v) is 2.02. The summed E-state index contributed by atoms with van der Waals surface area (Å²) in [5, 5.41) is 0. The molecule has 0 spiro atoms. The van der Waals surface area contributed by atoms with Gasteiger partial charge in [0.25, 0.3) is 0 Å². The number of esters is 1. The lowest BCUT2D eigenvalue weighted by Crippen LogP contribution is -2.24. The van der Waals surface area contributed by atoms with Crippen molar-refractivity contribution < 1.29 is 14.0 Å². The van der Waals surface area contributed by atoms with Crippen LogP contribution < -0.4 is 0 Å². The highest BCUT2D eigenvalue weighted by Crippen LogP contribution is 2.03. The molecule has 0 amide bonds. The topological polar surface area (TPSA) is 35.5 Å². The minimum atomic E-state index is -1.13. The Morgan fingerprint density at radius 3 is 2.58 bits per heavy atom. The highest BCUT2D eigenvalue weighted by molar-refractivity contribution is 6.48. The van der Waals surface area contributed by atoms with Crippen LogP contribution in [0.4, 0.5) is 0 Å². The first-order chi connectivity index (χ1) is 5.60. The summed E-state index contributed by atoms with van der Waals surface area (Å²) in [7, 11) is -1.13. The zero-order valence-corrected chi connectivity index (χ0v) is 9.03. The molecular weight excluding hydrogens is 172 g/mol. The second-order valence-corrected chi connectivity index (χ2v) is 5.03. The van der Waals surface area contributed by atoms with Crippen LogP contribution in [0.15, 0.2) is 12.7 Å². The van der Waals surface area contributed by atoms with Gasteiger partial charge in [0.15, 0.2) is 15.3 Å². The van der Waals surface area contributed by atoms with Crippen LogP contribution in [0.1, 0.15) is 13.3 Å². The van der Waals surface area contributed by atoms with Crippen molar-refractivity contribution in [2.75, 3.05) is 0 Å². The van der Waals surface area contributed by atoms with Gasteiger partial charge >= 0.3 is 5.97 Å². The Morgan fingerprint density at radius 2 is 2.25 bits per heavy atom. The average molecular weight is 188 g/mol.